The summed E-state index contributed by atoms with van der Waals surface area (Å²) in [5.74, 6) is 1.59. The summed E-state index contributed by atoms with van der Waals surface area (Å²) >= 11 is 5.94. The molecule has 1 aromatic rings. The third-order valence-corrected chi connectivity index (χ3v) is 2.78. The topological polar surface area (TPSA) is 45.7 Å². The molecule has 0 radical (unpaired) electrons. The van der Waals surface area contributed by atoms with Crippen LogP contribution in [0.1, 0.15) is 25.8 Å². The molecule has 4 nitrogen and oxygen atoms in total. The summed E-state index contributed by atoms with van der Waals surface area (Å²) in [6.45, 7) is 6.47. The van der Waals surface area contributed by atoms with Crippen LogP contribution in [0, 0.1) is 0 Å². The third-order valence-electron chi connectivity index (χ3n) is 2.54. The van der Waals surface area contributed by atoms with Crippen molar-refractivity contribution in [2.45, 2.75) is 26.8 Å². The lowest BCUT2D eigenvalue weighted by Gasteiger charge is -2.11. The SMILES string of the molecule is CCCNC(=NCc1ccc(Cl)cc1OC)NCC.I. The Bertz CT molecular complexity index is 427. The van der Waals surface area contributed by atoms with E-state index in [2.05, 4.69) is 22.5 Å². The van der Waals surface area contributed by atoms with E-state index in [9.17, 15) is 0 Å². The first kappa shape index (κ1) is 19.3. The predicted molar refractivity (Wildman–Crippen MR) is 96.5 cm³/mol. The monoisotopic (exact) mass is 411 g/mol. The van der Waals surface area contributed by atoms with E-state index in [0.29, 0.717) is 11.6 Å². The van der Waals surface area contributed by atoms with Gasteiger partial charge in [0, 0.05) is 23.7 Å². The van der Waals surface area contributed by atoms with Crippen LogP contribution in [-0.4, -0.2) is 26.2 Å². The van der Waals surface area contributed by atoms with Gasteiger partial charge in [0.1, 0.15) is 5.75 Å². The van der Waals surface area contributed by atoms with E-state index in [-0.39, 0.29) is 24.0 Å². The number of rotatable bonds is 6. The minimum Gasteiger partial charge on any atom is -0.496 e. The molecule has 0 aliphatic rings. The average molecular weight is 412 g/mol. The molecule has 1 rings (SSSR count). The zero-order valence-electron chi connectivity index (χ0n) is 12.2. The second-order valence-corrected chi connectivity index (χ2v) is 4.51. The van der Waals surface area contributed by atoms with E-state index >= 15 is 0 Å². The maximum Gasteiger partial charge on any atom is 0.191 e. The maximum absolute atomic E-state index is 5.94. The van der Waals surface area contributed by atoms with Crippen molar-refractivity contribution in [1.29, 1.82) is 0 Å². The molecule has 1 aromatic carbocycles. The Morgan fingerprint density at radius 2 is 2.05 bits per heavy atom. The number of hydrogen-bond donors (Lipinski definition) is 2. The van der Waals surface area contributed by atoms with Gasteiger partial charge in [0.15, 0.2) is 5.96 Å². The van der Waals surface area contributed by atoms with Crippen LogP contribution in [0.15, 0.2) is 23.2 Å². The molecule has 0 amide bonds. The fourth-order valence-electron chi connectivity index (χ4n) is 1.60. The molecule has 0 fully saturated rings. The van der Waals surface area contributed by atoms with E-state index in [1.807, 2.05) is 19.1 Å². The lowest BCUT2D eigenvalue weighted by molar-refractivity contribution is 0.410. The smallest absolute Gasteiger partial charge is 0.191 e. The minimum absolute atomic E-state index is 0. The first-order valence-electron chi connectivity index (χ1n) is 6.55. The summed E-state index contributed by atoms with van der Waals surface area (Å²) in [5, 5.41) is 7.14. The number of nitrogens with zero attached hydrogens (tertiary/aromatic N) is 1. The summed E-state index contributed by atoms with van der Waals surface area (Å²) < 4.78 is 5.31. The summed E-state index contributed by atoms with van der Waals surface area (Å²) in [7, 11) is 1.64. The van der Waals surface area contributed by atoms with E-state index < -0.39 is 0 Å². The Kier molecular flexibility index (Phi) is 10.6. The van der Waals surface area contributed by atoms with Crippen LogP contribution < -0.4 is 15.4 Å². The minimum atomic E-state index is 0. The van der Waals surface area contributed by atoms with Gasteiger partial charge in [-0.2, -0.15) is 0 Å². The molecule has 0 unspecified atom stereocenters. The van der Waals surface area contributed by atoms with Gasteiger partial charge in [-0.3, -0.25) is 0 Å². The van der Waals surface area contributed by atoms with Crippen LogP contribution >= 0.6 is 35.6 Å². The fourth-order valence-corrected chi connectivity index (χ4v) is 1.76. The quantitative estimate of drug-likeness (QED) is 0.428. The van der Waals surface area contributed by atoms with Crippen molar-refractivity contribution in [1.82, 2.24) is 10.6 Å². The maximum atomic E-state index is 5.94. The average Bonchev–Trinajstić information content (AvgIpc) is 2.42. The largest absolute Gasteiger partial charge is 0.496 e. The van der Waals surface area contributed by atoms with Crippen molar-refractivity contribution < 1.29 is 4.74 Å². The van der Waals surface area contributed by atoms with Crippen molar-refractivity contribution in [3.05, 3.63) is 28.8 Å². The van der Waals surface area contributed by atoms with Gasteiger partial charge in [0.25, 0.3) is 0 Å². The van der Waals surface area contributed by atoms with Crippen LogP contribution in [0.3, 0.4) is 0 Å². The first-order chi connectivity index (χ1) is 9.21. The number of halogens is 2. The molecule has 0 saturated heterocycles. The molecule has 0 aliphatic heterocycles. The number of benzene rings is 1. The number of nitrogens with one attached hydrogen (secondary N) is 2. The standard InChI is InChI=1S/C14H22ClN3O.HI/c1-4-8-17-14(16-5-2)18-10-11-6-7-12(15)9-13(11)19-3;/h6-7,9H,4-5,8,10H2,1-3H3,(H2,16,17,18);1H. The van der Waals surface area contributed by atoms with Gasteiger partial charge >= 0.3 is 0 Å². The molecule has 0 heterocycles. The second-order valence-electron chi connectivity index (χ2n) is 4.08. The Morgan fingerprint density at radius 3 is 2.65 bits per heavy atom. The lowest BCUT2D eigenvalue weighted by atomic mass is 10.2. The van der Waals surface area contributed by atoms with Gasteiger partial charge in [-0.05, 0) is 25.5 Å². The van der Waals surface area contributed by atoms with Crippen LogP contribution in [0.25, 0.3) is 0 Å². The molecule has 0 aromatic heterocycles. The zero-order chi connectivity index (χ0) is 14.1. The van der Waals surface area contributed by atoms with Crippen LogP contribution in [0.5, 0.6) is 5.75 Å². The molecule has 20 heavy (non-hydrogen) atoms. The normalized spacial score (nSPS) is 10.7. The van der Waals surface area contributed by atoms with Crippen LogP contribution in [0.2, 0.25) is 5.02 Å². The van der Waals surface area contributed by atoms with Gasteiger partial charge in [0.05, 0.1) is 13.7 Å². The first-order valence-corrected chi connectivity index (χ1v) is 6.93. The van der Waals surface area contributed by atoms with Crippen molar-refractivity contribution in [3.63, 3.8) is 0 Å². The summed E-state index contributed by atoms with van der Waals surface area (Å²) in [4.78, 5) is 4.53. The third kappa shape index (κ3) is 6.65. The number of guanidine groups is 1. The molecule has 0 aliphatic carbocycles. The Labute approximate surface area is 143 Å². The van der Waals surface area contributed by atoms with Gasteiger partial charge < -0.3 is 15.4 Å². The molecular weight excluding hydrogens is 389 g/mol. The Balaban J connectivity index is 0.00000361. The van der Waals surface area contributed by atoms with Crippen molar-refractivity contribution in [3.8, 4) is 5.75 Å². The van der Waals surface area contributed by atoms with Crippen LogP contribution in [-0.2, 0) is 6.54 Å². The van der Waals surface area contributed by atoms with E-state index in [1.165, 1.54) is 0 Å². The molecule has 114 valence electrons. The summed E-state index contributed by atoms with van der Waals surface area (Å²) in [5.41, 5.74) is 1.01. The summed E-state index contributed by atoms with van der Waals surface area (Å²) in [6.07, 6.45) is 1.06. The fraction of sp³-hybridized carbons (Fsp3) is 0.500. The number of hydrogen-bond acceptors (Lipinski definition) is 2. The van der Waals surface area contributed by atoms with Crippen molar-refractivity contribution >= 4 is 41.5 Å². The second kappa shape index (κ2) is 11.0. The molecule has 6 heteroatoms. The van der Waals surface area contributed by atoms with Crippen molar-refractivity contribution in [2.24, 2.45) is 4.99 Å². The van der Waals surface area contributed by atoms with Gasteiger partial charge in [-0.15, -0.1) is 24.0 Å². The number of aliphatic imine (C=N–C) groups is 1. The highest BCUT2D eigenvalue weighted by molar-refractivity contribution is 14.0. The van der Waals surface area contributed by atoms with Crippen molar-refractivity contribution in [2.75, 3.05) is 20.2 Å². The molecule has 0 spiro atoms. The number of ether oxygens (including phenoxy) is 1. The van der Waals surface area contributed by atoms with Gasteiger partial charge in [-0.1, -0.05) is 24.6 Å². The number of methoxy groups -OCH3 is 1. The molecular formula is C14H23ClIN3O. The molecule has 0 atom stereocenters. The highest BCUT2D eigenvalue weighted by Crippen LogP contribution is 2.23. The zero-order valence-corrected chi connectivity index (χ0v) is 15.3. The highest BCUT2D eigenvalue weighted by atomic mass is 127. The summed E-state index contributed by atoms with van der Waals surface area (Å²) in [6, 6.07) is 5.59. The van der Waals surface area contributed by atoms with E-state index in [1.54, 1.807) is 13.2 Å². The Hall–Kier alpha value is -0.690. The molecule has 2 N–H and O–H groups in total. The lowest BCUT2D eigenvalue weighted by Crippen LogP contribution is -2.37. The van der Waals surface area contributed by atoms with E-state index in [4.69, 9.17) is 16.3 Å². The van der Waals surface area contributed by atoms with Gasteiger partial charge in [-0.25, -0.2) is 4.99 Å². The van der Waals surface area contributed by atoms with Crippen LogP contribution in [0.4, 0.5) is 0 Å². The molecule has 0 bridgehead atoms. The Morgan fingerprint density at radius 1 is 1.30 bits per heavy atom. The van der Waals surface area contributed by atoms with Gasteiger partial charge in [0.2, 0.25) is 0 Å². The predicted octanol–water partition coefficient (Wildman–Crippen LogP) is 3.43. The molecule has 0 saturated carbocycles. The van der Waals surface area contributed by atoms with E-state index in [0.717, 1.165) is 36.8 Å². The highest BCUT2D eigenvalue weighted by Gasteiger charge is 2.04.